The van der Waals surface area contributed by atoms with Gasteiger partial charge in [-0.2, -0.15) is 52.7 Å². The Bertz CT molecular complexity index is 1130. The average Bonchev–Trinajstić information content (AvgIpc) is 2.80. The van der Waals surface area contributed by atoms with E-state index >= 15 is 0 Å². The molecule has 0 unspecified atom stereocenters. The van der Waals surface area contributed by atoms with Crippen LogP contribution < -0.4 is 0 Å². The van der Waals surface area contributed by atoms with Crippen LogP contribution in [0.3, 0.4) is 0 Å². The van der Waals surface area contributed by atoms with Crippen LogP contribution in [0.1, 0.15) is 12.8 Å². The van der Waals surface area contributed by atoms with E-state index < -0.39 is 96.0 Å². The zero-order valence-corrected chi connectivity index (χ0v) is 18.7. The molecule has 0 atom stereocenters. The van der Waals surface area contributed by atoms with Crippen molar-refractivity contribution < 1.29 is 111 Å². The van der Waals surface area contributed by atoms with E-state index in [4.69, 9.17) is 0 Å². The second-order valence-electron chi connectivity index (χ2n) is 6.40. The lowest BCUT2D eigenvalue weighted by atomic mass is 10.2. The Morgan fingerprint density at radius 1 is 0.429 bits per heavy atom. The molecule has 0 fully saturated rings. The quantitative estimate of drug-likeness (QED) is 0.114. The molecule has 0 aliphatic carbocycles. The van der Waals surface area contributed by atoms with E-state index in [-0.39, 0.29) is 0 Å². The van der Waals surface area contributed by atoms with E-state index in [2.05, 4.69) is 19.6 Å². The molecular weight excluding hydrogens is 640 g/mol. The zero-order valence-electron chi connectivity index (χ0n) is 18.7. The molecule has 0 bridgehead atoms. The van der Waals surface area contributed by atoms with Crippen LogP contribution in [0.15, 0.2) is 10.2 Å². The van der Waals surface area contributed by atoms with Crippen LogP contribution in [-0.2, 0) is 57.9 Å². The van der Waals surface area contributed by atoms with Crippen molar-refractivity contribution in [2.45, 2.75) is 37.5 Å². The number of hydrogen-bond donors (Lipinski definition) is 0. The van der Waals surface area contributed by atoms with Gasteiger partial charge in [-0.05, 0) is 0 Å². The van der Waals surface area contributed by atoms with Gasteiger partial charge in [-0.25, -0.2) is 38.7 Å². The Labute approximate surface area is 218 Å². The van der Waals surface area contributed by atoms with E-state index in [1.54, 1.807) is 0 Å². The van der Waals surface area contributed by atoms with Crippen molar-refractivity contribution in [2.75, 3.05) is 0 Å². The zero-order chi connectivity index (χ0) is 33.4. The van der Waals surface area contributed by atoms with Gasteiger partial charge in [-0.3, -0.25) is 19.2 Å². The van der Waals surface area contributed by atoms with Crippen LogP contribution in [0, 0.1) is 0 Å². The lowest BCUT2D eigenvalue weighted by molar-refractivity contribution is -0.254. The highest BCUT2D eigenvalue weighted by Crippen LogP contribution is 2.21. The van der Waals surface area contributed by atoms with Crippen LogP contribution in [0.25, 0.3) is 0 Å². The van der Waals surface area contributed by atoms with Crippen molar-refractivity contribution in [1.29, 1.82) is 0 Å². The van der Waals surface area contributed by atoms with Crippen molar-refractivity contribution >= 4 is 58.4 Å². The van der Waals surface area contributed by atoms with E-state index in [1.165, 1.54) is 0 Å². The van der Waals surface area contributed by atoms with Crippen molar-refractivity contribution in [3.05, 3.63) is 0 Å². The number of alkyl halides is 12. The lowest BCUT2D eigenvalue weighted by Crippen LogP contribution is -2.39. The van der Waals surface area contributed by atoms with Crippen LogP contribution in [0.5, 0.6) is 0 Å². The fourth-order valence-corrected chi connectivity index (χ4v) is 1.50. The normalized spacial score (nSPS) is 13.0. The van der Waals surface area contributed by atoms with Crippen molar-refractivity contribution in [3.63, 3.8) is 0 Å². The Kier molecular flexibility index (Phi) is 12.0. The van der Waals surface area contributed by atoms with Gasteiger partial charge in [0.25, 0.3) is 11.6 Å². The standard InChI is InChI=1S/C16H4F12N2O12/c17-13(18,19)3(31)1-5(33)39-41-11(37)7(9(35)15(23,24)25)29-30-8(10(36)16(26,27)28)12(38)42-40-6(34)2-4(32)14(20,21)22/h1-2H2/b29-7-,30-8-. The minimum Gasteiger partial charge on any atom is -0.289 e. The summed E-state index contributed by atoms with van der Waals surface area (Å²) < 4.78 is 149. The molecule has 0 saturated carbocycles. The molecule has 42 heavy (non-hydrogen) atoms. The monoisotopic (exact) mass is 644 g/mol. The summed E-state index contributed by atoms with van der Waals surface area (Å²) in [5.41, 5.74) is -5.82. The largest absolute Gasteiger partial charge is 0.456 e. The summed E-state index contributed by atoms with van der Waals surface area (Å²) >= 11 is 0. The molecule has 0 aromatic carbocycles. The third-order valence-electron chi connectivity index (χ3n) is 3.24. The molecular formula is C16H4F12N2O12. The highest BCUT2D eigenvalue weighted by Gasteiger charge is 2.48. The fraction of sp³-hybridized carbons (Fsp3) is 0.375. The van der Waals surface area contributed by atoms with Crippen LogP contribution in [0.2, 0.25) is 0 Å². The number of hydrogen-bond acceptors (Lipinski definition) is 14. The molecule has 26 heteroatoms. The first-order chi connectivity index (χ1) is 18.7. The second kappa shape index (κ2) is 13.6. The molecule has 0 N–H and O–H groups in total. The van der Waals surface area contributed by atoms with E-state index in [9.17, 15) is 91.0 Å². The molecule has 0 rings (SSSR count). The summed E-state index contributed by atoms with van der Waals surface area (Å²) in [6.45, 7) is 0. The maximum atomic E-state index is 12.7. The third-order valence-corrected chi connectivity index (χ3v) is 3.24. The van der Waals surface area contributed by atoms with Gasteiger partial charge in [0.05, 0.1) is 0 Å². The number of carbonyl (C=O) groups is 8. The Balaban J connectivity index is 6.25. The van der Waals surface area contributed by atoms with E-state index in [0.29, 0.717) is 0 Å². The maximum Gasteiger partial charge on any atom is 0.456 e. The van der Waals surface area contributed by atoms with Crippen LogP contribution in [-0.4, -0.2) is 83.1 Å². The summed E-state index contributed by atoms with van der Waals surface area (Å²) in [6.07, 6.45) is -28.3. The molecule has 0 aromatic rings. The topological polar surface area (TPSA) is 198 Å². The van der Waals surface area contributed by atoms with Gasteiger partial charge < -0.3 is 0 Å². The highest BCUT2D eigenvalue weighted by molar-refractivity contribution is 6.67. The number of nitrogens with zero attached hydrogens (tertiary/aromatic N) is 2. The summed E-state index contributed by atoms with van der Waals surface area (Å²) in [5.74, 6) is -23.7. The Hall–Kier alpha value is -4.94. The summed E-state index contributed by atoms with van der Waals surface area (Å²) in [7, 11) is 0. The second-order valence-corrected chi connectivity index (χ2v) is 6.40. The van der Waals surface area contributed by atoms with Crippen molar-refractivity contribution in [3.8, 4) is 0 Å². The van der Waals surface area contributed by atoms with Gasteiger partial charge in [0, 0.05) is 0 Å². The van der Waals surface area contributed by atoms with Crippen LogP contribution in [0.4, 0.5) is 52.7 Å². The minimum atomic E-state index is -6.24. The minimum absolute atomic E-state index is 1.89. The van der Waals surface area contributed by atoms with Gasteiger partial charge >= 0.3 is 48.6 Å². The molecule has 234 valence electrons. The molecule has 0 aromatic heterocycles. The van der Waals surface area contributed by atoms with Gasteiger partial charge in [-0.15, -0.1) is 10.2 Å². The predicted molar refractivity (Wildman–Crippen MR) is 92.7 cm³/mol. The van der Waals surface area contributed by atoms with Crippen molar-refractivity contribution in [1.82, 2.24) is 0 Å². The fourth-order valence-electron chi connectivity index (χ4n) is 1.50. The highest BCUT2D eigenvalue weighted by atomic mass is 19.4. The Morgan fingerprint density at radius 3 is 0.905 bits per heavy atom. The third kappa shape index (κ3) is 12.1. The number of Topliss-reactive ketones (excluding diaryl/α,β-unsaturated/α-hetero) is 4. The maximum absolute atomic E-state index is 12.7. The van der Waals surface area contributed by atoms with Gasteiger partial charge in [0.1, 0.15) is 12.8 Å². The number of rotatable bonds is 9. The van der Waals surface area contributed by atoms with Gasteiger partial charge in [-0.1, -0.05) is 0 Å². The van der Waals surface area contributed by atoms with Crippen LogP contribution >= 0.6 is 0 Å². The van der Waals surface area contributed by atoms with E-state index in [0.717, 1.165) is 0 Å². The first-order valence-corrected chi connectivity index (χ1v) is 9.11. The molecule has 0 saturated heterocycles. The van der Waals surface area contributed by atoms with Gasteiger partial charge in [0.15, 0.2) is 0 Å². The average molecular weight is 644 g/mol. The number of ketones is 4. The predicted octanol–water partition coefficient (Wildman–Crippen LogP) is 1.09. The molecule has 0 radical (unpaired) electrons. The molecule has 0 spiro atoms. The van der Waals surface area contributed by atoms with E-state index in [1.807, 2.05) is 10.2 Å². The first kappa shape index (κ1) is 37.1. The van der Waals surface area contributed by atoms with Gasteiger partial charge in [0.2, 0.25) is 23.0 Å². The summed E-state index contributed by atoms with van der Waals surface area (Å²) in [4.78, 5) is 102. The first-order valence-electron chi connectivity index (χ1n) is 9.11. The molecule has 0 aliphatic heterocycles. The smallest absolute Gasteiger partial charge is 0.289 e. The van der Waals surface area contributed by atoms with Crippen molar-refractivity contribution in [2.24, 2.45) is 10.2 Å². The Morgan fingerprint density at radius 2 is 0.690 bits per heavy atom. The lowest BCUT2D eigenvalue weighted by Gasteiger charge is -2.08. The SMILES string of the molecule is O=C(CC(=O)C(F)(F)F)OOC(=O)/C(=N\N=C(/C(=O)OOC(=O)CC(=O)C(F)(F)F)C(=O)C(F)(F)F)C(=O)C(F)(F)F. The number of carbonyl (C=O) groups excluding carboxylic acids is 8. The molecule has 0 heterocycles. The molecule has 14 nitrogen and oxygen atoms in total. The molecule has 0 amide bonds. The molecule has 0 aliphatic rings. The summed E-state index contributed by atoms with van der Waals surface area (Å²) in [6, 6.07) is 0. The summed E-state index contributed by atoms with van der Waals surface area (Å²) in [5, 5.41) is 3.78. The number of halogens is 12.